The van der Waals surface area contributed by atoms with Crippen molar-refractivity contribution in [2.75, 3.05) is 6.61 Å². The molecule has 7 N–H and O–H groups in total. The van der Waals surface area contributed by atoms with Crippen LogP contribution in [0.4, 0.5) is 0 Å². The maximum Gasteiger partial charge on any atom is 0.187 e. The zero-order valence-electron chi connectivity index (χ0n) is 11.8. The van der Waals surface area contributed by atoms with Gasteiger partial charge >= 0.3 is 0 Å². The van der Waals surface area contributed by atoms with Gasteiger partial charge < -0.3 is 50.0 Å². The average molecular weight is 326 g/mol. The molecule has 22 heavy (non-hydrogen) atoms. The second-order valence-corrected chi connectivity index (χ2v) is 5.51. The first kappa shape index (κ1) is 17.9. The second kappa shape index (κ2) is 7.01. The number of ether oxygens (including phenoxy) is 3. The van der Waals surface area contributed by atoms with Gasteiger partial charge in [-0.2, -0.15) is 0 Å². The van der Waals surface area contributed by atoms with E-state index in [2.05, 4.69) is 0 Å². The fourth-order valence-electron chi connectivity index (χ4n) is 2.51. The summed E-state index contributed by atoms with van der Waals surface area (Å²) in [6.07, 6.45) is -14.3. The van der Waals surface area contributed by atoms with Crippen molar-refractivity contribution in [1.82, 2.24) is 0 Å². The molecule has 10 nitrogen and oxygen atoms in total. The van der Waals surface area contributed by atoms with E-state index in [0.29, 0.717) is 0 Å². The maximum atomic E-state index is 9.96. The lowest BCUT2D eigenvalue weighted by Crippen LogP contribution is -2.63. The molecule has 2 aliphatic heterocycles. The lowest BCUT2D eigenvalue weighted by molar-refractivity contribution is -0.353. The van der Waals surface area contributed by atoms with Crippen LogP contribution in [0, 0.1) is 0 Å². The minimum Gasteiger partial charge on any atom is -0.394 e. The van der Waals surface area contributed by atoms with Crippen LogP contribution >= 0.6 is 0 Å². The first-order valence-electron chi connectivity index (χ1n) is 6.93. The van der Waals surface area contributed by atoms with E-state index >= 15 is 0 Å². The van der Waals surface area contributed by atoms with Crippen LogP contribution in [0.15, 0.2) is 0 Å². The summed E-state index contributed by atoms with van der Waals surface area (Å²) in [4.78, 5) is 0. The highest BCUT2D eigenvalue weighted by Crippen LogP contribution is 2.28. The Labute approximate surface area is 126 Å². The van der Waals surface area contributed by atoms with Gasteiger partial charge in [-0.25, -0.2) is 0 Å². The number of aliphatic hydroxyl groups is 7. The molecule has 2 saturated heterocycles. The summed E-state index contributed by atoms with van der Waals surface area (Å²) in [6.45, 7) is 0.812. The standard InChI is InChI=1S/C12H22O10/c1-3-5(14)10(9(18)11(19)20-3)22-12-8(17)7(16)6(15)4(2-13)21-12/h3-19H,2H2,1H3/t3-,4+,5-,6+,7-,8+,9+,10+,11?,12+/m0/s1. The van der Waals surface area contributed by atoms with Crippen molar-refractivity contribution in [2.24, 2.45) is 0 Å². The molecule has 0 aromatic rings. The van der Waals surface area contributed by atoms with Crippen LogP contribution < -0.4 is 0 Å². The molecule has 130 valence electrons. The molecule has 0 radical (unpaired) electrons. The Hall–Kier alpha value is -0.400. The molecule has 10 heteroatoms. The minimum atomic E-state index is -1.67. The van der Waals surface area contributed by atoms with E-state index in [-0.39, 0.29) is 0 Å². The molecule has 0 amide bonds. The maximum absolute atomic E-state index is 9.96. The fraction of sp³-hybridized carbons (Fsp3) is 1.00. The normalized spacial score (nSPS) is 53.5. The predicted molar refractivity (Wildman–Crippen MR) is 67.2 cm³/mol. The molecule has 0 spiro atoms. The molecule has 2 fully saturated rings. The van der Waals surface area contributed by atoms with E-state index in [9.17, 15) is 30.6 Å². The Kier molecular flexibility index (Phi) is 5.72. The van der Waals surface area contributed by atoms with Crippen LogP contribution in [-0.4, -0.2) is 104 Å². The second-order valence-electron chi connectivity index (χ2n) is 5.51. The van der Waals surface area contributed by atoms with Crippen molar-refractivity contribution in [1.29, 1.82) is 0 Å². The monoisotopic (exact) mass is 326 g/mol. The van der Waals surface area contributed by atoms with E-state index in [1.807, 2.05) is 0 Å². The number of hydrogen-bond acceptors (Lipinski definition) is 10. The van der Waals surface area contributed by atoms with Gasteiger partial charge in [0.1, 0.15) is 42.7 Å². The molecule has 0 aromatic heterocycles. The van der Waals surface area contributed by atoms with Gasteiger partial charge in [0.25, 0.3) is 0 Å². The number of hydrogen-bond donors (Lipinski definition) is 7. The topological polar surface area (TPSA) is 169 Å². The van der Waals surface area contributed by atoms with Gasteiger partial charge in [0.2, 0.25) is 0 Å². The van der Waals surface area contributed by atoms with E-state index in [1.165, 1.54) is 6.92 Å². The van der Waals surface area contributed by atoms with Crippen LogP contribution in [0.5, 0.6) is 0 Å². The third-order valence-corrected chi connectivity index (χ3v) is 3.94. The highest BCUT2D eigenvalue weighted by Gasteiger charge is 2.49. The van der Waals surface area contributed by atoms with Gasteiger partial charge in [-0.05, 0) is 6.92 Å². The van der Waals surface area contributed by atoms with Crippen molar-refractivity contribution in [3.63, 3.8) is 0 Å². The molecule has 2 aliphatic rings. The Morgan fingerprint density at radius 3 is 2.05 bits per heavy atom. The summed E-state index contributed by atoms with van der Waals surface area (Å²) < 4.78 is 15.3. The highest BCUT2D eigenvalue weighted by molar-refractivity contribution is 4.92. The van der Waals surface area contributed by atoms with Crippen LogP contribution in [0.25, 0.3) is 0 Å². The summed E-state index contributed by atoms with van der Waals surface area (Å²) in [6, 6.07) is 0. The Morgan fingerprint density at radius 2 is 1.45 bits per heavy atom. The van der Waals surface area contributed by atoms with Crippen molar-refractivity contribution < 1.29 is 50.0 Å². The Balaban J connectivity index is 2.10. The molecule has 10 atom stereocenters. The van der Waals surface area contributed by atoms with E-state index in [0.717, 1.165) is 0 Å². The Bertz CT molecular complexity index is 352. The molecular formula is C12H22O10. The first-order valence-corrected chi connectivity index (χ1v) is 6.93. The van der Waals surface area contributed by atoms with Crippen LogP contribution in [0.2, 0.25) is 0 Å². The molecule has 0 aliphatic carbocycles. The Morgan fingerprint density at radius 1 is 0.818 bits per heavy atom. The van der Waals surface area contributed by atoms with Gasteiger partial charge in [0.05, 0.1) is 12.7 Å². The number of aliphatic hydroxyl groups excluding tert-OH is 7. The summed E-state index contributed by atoms with van der Waals surface area (Å²) in [5.41, 5.74) is 0. The minimum absolute atomic E-state index is 0.636. The van der Waals surface area contributed by atoms with Gasteiger partial charge in [-0.1, -0.05) is 0 Å². The molecular weight excluding hydrogens is 304 g/mol. The molecule has 0 aromatic carbocycles. The van der Waals surface area contributed by atoms with Crippen LogP contribution in [0.1, 0.15) is 6.92 Å². The SMILES string of the molecule is C[C@@H]1OC(O)[C@H](O)[C@H](O[C@H]2O[C@H](CO)[C@@H](O)[C@H](O)[C@H]2O)[C@H]1O. The van der Waals surface area contributed by atoms with Crippen molar-refractivity contribution in [3.8, 4) is 0 Å². The van der Waals surface area contributed by atoms with E-state index in [4.69, 9.17) is 19.3 Å². The van der Waals surface area contributed by atoms with Crippen LogP contribution in [-0.2, 0) is 14.2 Å². The first-order chi connectivity index (χ1) is 10.3. The molecule has 2 rings (SSSR count). The third-order valence-electron chi connectivity index (χ3n) is 3.94. The summed E-state index contributed by atoms with van der Waals surface area (Å²) in [5.74, 6) is 0. The number of rotatable bonds is 3. The van der Waals surface area contributed by atoms with E-state index in [1.54, 1.807) is 0 Å². The highest BCUT2D eigenvalue weighted by atomic mass is 16.7. The van der Waals surface area contributed by atoms with Crippen molar-refractivity contribution >= 4 is 0 Å². The lowest BCUT2D eigenvalue weighted by atomic mass is 9.97. The molecule has 0 bridgehead atoms. The van der Waals surface area contributed by atoms with E-state index < -0.39 is 68.0 Å². The summed E-state index contributed by atoms with van der Waals surface area (Å²) in [7, 11) is 0. The average Bonchev–Trinajstić information content (AvgIpc) is 2.49. The van der Waals surface area contributed by atoms with Crippen molar-refractivity contribution in [3.05, 3.63) is 0 Å². The summed E-state index contributed by atoms with van der Waals surface area (Å²) >= 11 is 0. The zero-order chi connectivity index (χ0) is 16.6. The van der Waals surface area contributed by atoms with Gasteiger partial charge in [-0.15, -0.1) is 0 Å². The molecule has 1 unspecified atom stereocenters. The van der Waals surface area contributed by atoms with Gasteiger partial charge in [-0.3, -0.25) is 0 Å². The summed E-state index contributed by atoms with van der Waals surface area (Å²) in [5, 5.41) is 67.6. The molecule has 0 saturated carbocycles. The van der Waals surface area contributed by atoms with Crippen LogP contribution in [0.3, 0.4) is 0 Å². The lowest BCUT2D eigenvalue weighted by Gasteiger charge is -2.44. The molecule has 2 heterocycles. The quantitative estimate of drug-likeness (QED) is 0.269. The van der Waals surface area contributed by atoms with Crippen molar-refractivity contribution in [2.45, 2.75) is 68.3 Å². The van der Waals surface area contributed by atoms with Gasteiger partial charge in [0, 0.05) is 0 Å². The smallest absolute Gasteiger partial charge is 0.187 e. The van der Waals surface area contributed by atoms with Gasteiger partial charge in [0.15, 0.2) is 12.6 Å². The largest absolute Gasteiger partial charge is 0.394 e. The predicted octanol–water partition coefficient (Wildman–Crippen LogP) is -4.37. The third kappa shape index (κ3) is 3.26. The zero-order valence-corrected chi connectivity index (χ0v) is 11.8. The fourth-order valence-corrected chi connectivity index (χ4v) is 2.51.